The number of hydrogen-bond donors (Lipinski definition) is 0. The Labute approximate surface area is 507 Å². The van der Waals surface area contributed by atoms with Crippen molar-refractivity contribution in [3.8, 4) is 0 Å². The van der Waals surface area contributed by atoms with Crippen LogP contribution in [0.1, 0.15) is 44.4 Å². The average molecular weight is 1290 g/mol. The van der Waals surface area contributed by atoms with Gasteiger partial charge < -0.3 is 0 Å². The molecule has 0 amide bonds. The van der Waals surface area contributed by atoms with Gasteiger partial charge in [-0.1, -0.05) is 354 Å². The van der Waals surface area contributed by atoms with Crippen LogP contribution in [0.3, 0.4) is 0 Å². The highest BCUT2D eigenvalue weighted by molar-refractivity contribution is 7.29. The molecule has 0 saturated carbocycles. The summed E-state index contributed by atoms with van der Waals surface area (Å²) in [4.78, 5) is 0. The molecule has 446 valence electrons. The van der Waals surface area contributed by atoms with Crippen LogP contribution in [0.25, 0.3) is 0 Å². The molecular formula is C66H130Si13. The van der Waals surface area contributed by atoms with E-state index >= 15 is 0 Å². The van der Waals surface area contributed by atoms with E-state index in [1.807, 2.05) is 62.2 Å². The predicted molar refractivity (Wildman–Crippen MR) is 414 cm³/mol. The highest BCUT2D eigenvalue weighted by Crippen LogP contribution is 2.53. The molecule has 0 aliphatic heterocycles. The van der Waals surface area contributed by atoms with Crippen LogP contribution in [-0.4, -0.2) is 105 Å². The van der Waals surface area contributed by atoms with E-state index in [0.29, 0.717) is 0 Å². The third-order valence-electron chi connectivity index (χ3n) is 18.6. The summed E-state index contributed by atoms with van der Waals surface area (Å²) in [5.74, 6) is 0. The van der Waals surface area contributed by atoms with E-state index in [1.54, 1.807) is 33.4 Å². The molecule has 1 aliphatic rings. The number of benzene rings is 3. The zero-order valence-electron chi connectivity index (χ0n) is 61.1. The summed E-state index contributed by atoms with van der Waals surface area (Å²) in [6.45, 7) is 121. The molecule has 0 saturated heterocycles. The molecule has 1 atom stereocenters. The van der Waals surface area contributed by atoms with Crippen LogP contribution >= 0.6 is 0 Å². The smallest absolute Gasteiger partial charge is 0.0730 e. The Hall–Kier alpha value is -0.0405. The zero-order chi connectivity index (χ0) is 62.8. The standard InChI is InChI=1S/C66H130Si13/c1-45-44-66(7,50(6)46(45)2)79(63-57(73(26,27)28)51(67(8,9)10)47(3)52(68(11,12)13)58(63)74(29,30)31,64-59(75(32,33)34)53(69(14,15)16)48(4)54(70(17,18)19)60(64)76(35,36)37)65-61(77(38,39)40)55(71(20,21)22)49(5)56(72(23,24)25)62(65)78(41,42)43/h44H,1-43H3. The van der Waals surface area contributed by atoms with Crippen molar-refractivity contribution in [3.05, 3.63) is 39.5 Å². The van der Waals surface area contributed by atoms with Crippen LogP contribution in [0.15, 0.2) is 22.8 Å². The molecule has 0 bridgehead atoms. The molecule has 1 aliphatic carbocycles. The summed E-state index contributed by atoms with van der Waals surface area (Å²) in [5, 5.41) is 29.2. The van der Waals surface area contributed by atoms with Gasteiger partial charge in [-0.15, -0.1) is 0 Å². The van der Waals surface area contributed by atoms with E-state index in [2.05, 4.69) is 306 Å². The lowest BCUT2D eigenvalue weighted by atomic mass is 10.0. The molecule has 0 spiro atoms. The van der Waals surface area contributed by atoms with Crippen molar-refractivity contribution < 1.29 is 0 Å². The lowest BCUT2D eigenvalue weighted by molar-refractivity contribution is 0.872. The number of rotatable bonds is 16. The molecule has 3 aromatic carbocycles. The van der Waals surface area contributed by atoms with Gasteiger partial charge in [-0.25, -0.2) is 0 Å². The van der Waals surface area contributed by atoms with Gasteiger partial charge in [0.1, 0.15) is 0 Å². The molecule has 1 unspecified atom stereocenters. The Kier molecular flexibility index (Phi) is 19.1. The summed E-state index contributed by atoms with van der Waals surface area (Å²) in [6.07, 6.45) is 3.09. The van der Waals surface area contributed by atoms with E-state index < -0.39 is 105 Å². The van der Waals surface area contributed by atoms with Crippen molar-refractivity contribution >= 4 is 183 Å². The van der Waals surface area contributed by atoms with E-state index in [0.717, 1.165) is 0 Å². The van der Waals surface area contributed by atoms with Crippen molar-refractivity contribution in [3.63, 3.8) is 0 Å². The van der Waals surface area contributed by atoms with E-state index in [9.17, 15) is 0 Å². The molecule has 0 radical (unpaired) electrons. The maximum atomic E-state index is 3.09. The molecule has 79 heavy (non-hydrogen) atoms. The maximum Gasteiger partial charge on any atom is 0.161 e. The molecule has 0 nitrogen and oxygen atoms in total. The quantitative estimate of drug-likeness (QED) is 0.0990. The molecule has 3 aromatic rings. The third-order valence-corrected chi connectivity index (χ3v) is 52.2. The Morgan fingerprint density at radius 1 is 0.215 bits per heavy atom. The fourth-order valence-electron chi connectivity index (χ4n) is 16.8. The minimum atomic E-state index is -3.71. The lowest BCUT2D eigenvalue weighted by Gasteiger charge is -2.59. The maximum absolute atomic E-state index is 3.71. The van der Waals surface area contributed by atoms with Gasteiger partial charge in [-0.05, 0) is 47.1 Å². The molecule has 0 heterocycles. The van der Waals surface area contributed by atoms with Gasteiger partial charge in [0.15, 0.2) is 8.07 Å². The van der Waals surface area contributed by atoms with Gasteiger partial charge in [-0.2, -0.15) is 0 Å². The highest BCUT2D eigenvalue weighted by atomic mass is 28.4. The number of hydrogen-bond acceptors (Lipinski definition) is 0. The highest BCUT2D eigenvalue weighted by Gasteiger charge is 2.66. The first-order valence-electron chi connectivity index (χ1n) is 31.3. The summed E-state index contributed by atoms with van der Waals surface area (Å²) in [6, 6.07) is 0. The largest absolute Gasteiger partial charge is 0.161 e. The van der Waals surface area contributed by atoms with Crippen molar-refractivity contribution in [2.45, 2.75) is 289 Å². The molecule has 4 rings (SSSR count). The van der Waals surface area contributed by atoms with E-state index in [4.69, 9.17) is 0 Å². The van der Waals surface area contributed by atoms with Gasteiger partial charge in [-0.3, -0.25) is 0 Å². The van der Waals surface area contributed by atoms with Crippen LogP contribution in [0.4, 0.5) is 0 Å². The van der Waals surface area contributed by atoms with Gasteiger partial charge in [0.2, 0.25) is 0 Å². The molecule has 13 heteroatoms. The normalized spacial score (nSPS) is 17.6. The van der Waals surface area contributed by atoms with Gasteiger partial charge in [0.25, 0.3) is 0 Å². The summed E-state index contributed by atoms with van der Waals surface area (Å²) in [5.41, 5.74) is 10.1. The molecule has 0 fully saturated rings. The van der Waals surface area contributed by atoms with Crippen molar-refractivity contribution in [1.82, 2.24) is 0 Å². The molecular weight excluding hydrogens is 1160 g/mol. The second-order valence-electron chi connectivity index (χ2n) is 38.5. The van der Waals surface area contributed by atoms with Crippen molar-refractivity contribution in [1.29, 1.82) is 0 Å². The predicted octanol–water partition coefficient (Wildman–Crippen LogP) is 12.7. The van der Waals surface area contributed by atoms with E-state index in [-0.39, 0.29) is 5.04 Å². The van der Waals surface area contributed by atoms with Crippen LogP contribution in [-0.2, 0) is 0 Å². The Balaban J connectivity index is 3.47. The fourth-order valence-corrected chi connectivity index (χ4v) is 72.0. The molecule has 0 aromatic heterocycles. The minimum Gasteiger partial charge on any atom is -0.0730 e. The third kappa shape index (κ3) is 12.5. The SMILES string of the molecule is CC1=CC(C)([Si](c2c([Si](C)(C)C)c([Si](C)(C)C)c(C)c([Si](C)(C)C)c2[Si](C)(C)C)(c2c([Si](C)(C)C)c([Si](C)(C)C)c(C)c([Si](C)(C)C)c2[Si](C)(C)C)c2c([Si](C)(C)C)c([Si](C)(C)C)c(C)c([Si](C)(C)C)c2[Si](C)(C)C)C(C)=C1C. The summed E-state index contributed by atoms with van der Waals surface area (Å²) >= 11 is 0. The first-order chi connectivity index (χ1) is 34.3. The van der Waals surface area contributed by atoms with Gasteiger partial charge >= 0.3 is 0 Å². The van der Waals surface area contributed by atoms with E-state index in [1.165, 1.54) is 0 Å². The Morgan fingerprint density at radius 3 is 0.456 bits per heavy atom. The van der Waals surface area contributed by atoms with Crippen molar-refractivity contribution in [2.24, 2.45) is 0 Å². The number of allylic oxidation sites excluding steroid dienone is 4. The van der Waals surface area contributed by atoms with Crippen LogP contribution in [0, 0.1) is 20.8 Å². The fraction of sp³-hybridized carbons (Fsp3) is 0.667. The Morgan fingerprint density at radius 2 is 0.354 bits per heavy atom. The zero-order valence-corrected chi connectivity index (χ0v) is 74.1. The second kappa shape index (κ2) is 21.1. The lowest BCUT2D eigenvalue weighted by Crippen LogP contribution is -2.97. The Bertz CT molecular complexity index is 2540. The topological polar surface area (TPSA) is 0 Å². The van der Waals surface area contributed by atoms with Gasteiger partial charge in [0, 0.05) is 5.04 Å². The first kappa shape index (κ1) is 71.4. The summed E-state index contributed by atoms with van der Waals surface area (Å²) in [7, 11) is -30.1. The van der Waals surface area contributed by atoms with Crippen molar-refractivity contribution in [2.75, 3.05) is 0 Å². The van der Waals surface area contributed by atoms with Crippen LogP contribution in [0.2, 0.25) is 241 Å². The van der Waals surface area contributed by atoms with Gasteiger partial charge in [0.05, 0.1) is 96.9 Å². The van der Waals surface area contributed by atoms with Crippen LogP contribution in [0.5, 0.6) is 0 Å². The first-order valence-corrected chi connectivity index (χ1v) is 75.3. The monoisotopic (exact) mass is 1290 g/mol. The minimum absolute atomic E-state index is 0.260. The average Bonchev–Trinajstić information content (AvgIpc) is 3.34. The summed E-state index contributed by atoms with van der Waals surface area (Å²) < 4.78 is 0. The molecule has 0 N–H and O–H groups in total. The van der Waals surface area contributed by atoms with Crippen LogP contribution < -0.4 is 77.8 Å². The second-order valence-corrected chi connectivity index (χ2v) is 103.